The van der Waals surface area contributed by atoms with Gasteiger partial charge in [-0.05, 0) is 49.3 Å². The van der Waals surface area contributed by atoms with Crippen LogP contribution in [-0.4, -0.2) is 51.9 Å². The molecular weight excluding hydrogens is 370 g/mol. The number of rotatable bonds is 9. The number of likely N-dealkylation sites (tertiary alicyclic amines) is 1. The fourth-order valence-corrected chi connectivity index (χ4v) is 3.96. The van der Waals surface area contributed by atoms with Gasteiger partial charge >= 0.3 is 0 Å². The van der Waals surface area contributed by atoms with E-state index in [1.165, 1.54) is 25.5 Å². The fourth-order valence-electron chi connectivity index (χ4n) is 3.96. The van der Waals surface area contributed by atoms with Gasteiger partial charge in [-0.15, -0.1) is 0 Å². The zero-order valence-electron chi connectivity index (χ0n) is 16.4. The molecule has 2 aliphatic rings. The van der Waals surface area contributed by atoms with Crippen molar-refractivity contribution in [1.29, 1.82) is 0 Å². The van der Waals surface area contributed by atoms with Crippen LogP contribution in [0.3, 0.4) is 0 Å². The fraction of sp³-hybridized carbons (Fsp3) is 0.524. The van der Waals surface area contributed by atoms with Gasteiger partial charge in [0, 0.05) is 50.5 Å². The lowest BCUT2D eigenvalue weighted by molar-refractivity contribution is -0.122. The molecule has 3 heterocycles. The normalized spacial score (nSPS) is 21.8. The summed E-state index contributed by atoms with van der Waals surface area (Å²) in [4.78, 5) is 35.0. The maximum absolute atomic E-state index is 12.5. The lowest BCUT2D eigenvalue weighted by atomic mass is 10.1. The van der Waals surface area contributed by atoms with Gasteiger partial charge in [-0.2, -0.15) is 0 Å². The maximum atomic E-state index is 12.5. The molecule has 0 radical (unpaired) electrons. The Labute approximate surface area is 170 Å². The molecule has 4 rings (SSSR count). The van der Waals surface area contributed by atoms with Crippen molar-refractivity contribution in [3.63, 3.8) is 0 Å². The van der Waals surface area contributed by atoms with Crippen LogP contribution in [0.25, 0.3) is 0 Å². The first-order valence-corrected chi connectivity index (χ1v) is 10.3. The molecule has 1 aliphatic heterocycles. The van der Waals surface area contributed by atoms with Gasteiger partial charge in [0.2, 0.25) is 5.91 Å². The van der Waals surface area contributed by atoms with Crippen molar-refractivity contribution in [1.82, 2.24) is 25.5 Å². The van der Waals surface area contributed by atoms with Gasteiger partial charge in [0.05, 0.1) is 0 Å². The quantitative estimate of drug-likeness (QED) is 0.669. The van der Waals surface area contributed by atoms with Crippen molar-refractivity contribution in [2.45, 2.75) is 50.7 Å². The molecule has 2 aromatic heterocycles. The predicted molar refractivity (Wildman–Crippen MR) is 106 cm³/mol. The smallest absolute Gasteiger partial charge is 0.273 e. The largest absolute Gasteiger partial charge is 0.451 e. The molecule has 2 aromatic rings. The molecule has 0 bridgehead atoms. The number of carbonyl (C=O) groups excluding carboxylic acids is 2. The Bertz CT molecular complexity index is 807. The monoisotopic (exact) mass is 397 g/mol. The Morgan fingerprint density at radius 1 is 1.10 bits per heavy atom. The standard InChI is InChI=1S/C21H27N5O3/c27-20(23-10-15-5-7-22-8-6-15)9-17-3-4-18(26(17)12-16-1-2-16)11-24-21(28)19-13-29-14-25-19/h5-8,13-14,16-18H,1-4,9-12H2,(H,23,27)(H,24,28)/t17-,18+/m1/s1. The van der Waals surface area contributed by atoms with E-state index in [1.807, 2.05) is 12.1 Å². The second-order valence-electron chi connectivity index (χ2n) is 7.95. The van der Waals surface area contributed by atoms with E-state index in [0.717, 1.165) is 30.9 Å². The molecule has 2 N–H and O–H groups in total. The Balaban J connectivity index is 1.29. The van der Waals surface area contributed by atoms with Crippen LogP contribution < -0.4 is 10.6 Å². The third-order valence-electron chi connectivity index (χ3n) is 5.76. The van der Waals surface area contributed by atoms with Crippen LogP contribution in [0.2, 0.25) is 0 Å². The highest BCUT2D eigenvalue weighted by Crippen LogP contribution is 2.35. The third-order valence-corrected chi connectivity index (χ3v) is 5.76. The van der Waals surface area contributed by atoms with Crippen LogP contribution in [0, 0.1) is 5.92 Å². The Hall–Kier alpha value is -2.74. The molecule has 154 valence electrons. The molecule has 1 saturated heterocycles. The molecule has 1 aliphatic carbocycles. The van der Waals surface area contributed by atoms with Crippen LogP contribution in [0.5, 0.6) is 0 Å². The summed E-state index contributed by atoms with van der Waals surface area (Å²) >= 11 is 0. The minimum absolute atomic E-state index is 0.0693. The highest BCUT2D eigenvalue weighted by Gasteiger charge is 2.38. The molecule has 29 heavy (non-hydrogen) atoms. The molecule has 0 unspecified atom stereocenters. The third kappa shape index (κ3) is 5.41. The molecule has 0 aromatic carbocycles. The molecule has 2 fully saturated rings. The molecule has 0 spiro atoms. The summed E-state index contributed by atoms with van der Waals surface area (Å²) < 4.78 is 4.87. The minimum atomic E-state index is -0.219. The van der Waals surface area contributed by atoms with E-state index in [0.29, 0.717) is 25.2 Å². The van der Waals surface area contributed by atoms with Crippen molar-refractivity contribution in [3.8, 4) is 0 Å². The zero-order chi connectivity index (χ0) is 20.1. The van der Waals surface area contributed by atoms with E-state index in [9.17, 15) is 9.59 Å². The van der Waals surface area contributed by atoms with E-state index in [4.69, 9.17) is 4.42 Å². The number of hydrogen-bond acceptors (Lipinski definition) is 6. The molecular formula is C21H27N5O3. The summed E-state index contributed by atoms with van der Waals surface area (Å²) in [5.41, 5.74) is 1.34. The van der Waals surface area contributed by atoms with Crippen molar-refractivity contribution < 1.29 is 14.0 Å². The van der Waals surface area contributed by atoms with E-state index in [2.05, 4.69) is 25.5 Å². The molecule has 1 saturated carbocycles. The second-order valence-corrected chi connectivity index (χ2v) is 7.95. The van der Waals surface area contributed by atoms with Gasteiger partial charge in [-0.1, -0.05) is 0 Å². The van der Waals surface area contributed by atoms with Gasteiger partial charge in [0.25, 0.3) is 5.91 Å². The van der Waals surface area contributed by atoms with Crippen LogP contribution in [0.1, 0.15) is 48.2 Å². The lowest BCUT2D eigenvalue weighted by Gasteiger charge is -2.30. The van der Waals surface area contributed by atoms with Crippen LogP contribution in [-0.2, 0) is 11.3 Å². The first kappa shape index (κ1) is 19.6. The molecule has 8 nitrogen and oxygen atoms in total. The van der Waals surface area contributed by atoms with Crippen LogP contribution in [0.15, 0.2) is 41.6 Å². The number of nitrogens with one attached hydrogen (secondary N) is 2. The topological polar surface area (TPSA) is 100 Å². The number of pyridine rings is 1. The summed E-state index contributed by atoms with van der Waals surface area (Å²) in [5, 5.41) is 5.98. The minimum Gasteiger partial charge on any atom is -0.451 e. The van der Waals surface area contributed by atoms with Crippen molar-refractivity contribution >= 4 is 11.8 Å². The van der Waals surface area contributed by atoms with Crippen LogP contribution >= 0.6 is 0 Å². The van der Waals surface area contributed by atoms with E-state index in [-0.39, 0.29) is 23.9 Å². The van der Waals surface area contributed by atoms with Crippen LogP contribution in [0.4, 0.5) is 0 Å². The summed E-state index contributed by atoms with van der Waals surface area (Å²) in [7, 11) is 0. The number of amides is 2. The second kappa shape index (κ2) is 9.17. The van der Waals surface area contributed by atoms with Crippen molar-refractivity contribution in [2.24, 2.45) is 5.92 Å². The number of oxazole rings is 1. The Kier molecular flexibility index (Phi) is 6.19. The molecule has 2 amide bonds. The van der Waals surface area contributed by atoms with Gasteiger partial charge in [0.1, 0.15) is 6.26 Å². The number of hydrogen-bond donors (Lipinski definition) is 2. The van der Waals surface area contributed by atoms with E-state index >= 15 is 0 Å². The molecule has 2 atom stereocenters. The van der Waals surface area contributed by atoms with Gasteiger partial charge in [-0.25, -0.2) is 4.98 Å². The summed E-state index contributed by atoms with van der Waals surface area (Å²) in [6, 6.07) is 4.29. The summed E-state index contributed by atoms with van der Waals surface area (Å²) in [6.07, 6.45) is 11.0. The number of carbonyl (C=O) groups is 2. The number of nitrogens with zero attached hydrogens (tertiary/aromatic N) is 3. The predicted octanol–water partition coefficient (Wildman–Crippen LogP) is 1.75. The maximum Gasteiger partial charge on any atom is 0.273 e. The Morgan fingerprint density at radius 2 is 1.90 bits per heavy atom. The van der Waals surface area contributed by atoms with Crippen molar-refractivity contribution in [2.75, 3.05) is 13.1 Å². The number of aromatic nitrogens is 2. The zero-order valence-corrected chi connectivity index (χ0v) is 16.4. The van der Waals surface area contributed by atoms with E-state index in [1.54, 1.807) is 12.4 Å². The lowest BCUT2D eigenvalue weighted by Crippen LogP contribution is -2.45. The van der Waals surface area contributed by atoms with Gasteiger partial charge in [0.15, 0.2) is 12.1 Å². The Morgan fingerprint density at radius 3 is 2.62 bits per heavy atom. The summed E-state index contributed by atoms with van der Waals surface area (Å²) in [5.74, 6) is 0.577. The SMILES string of the molecule is O=C(C[C@H]1CC[C@@H](CNC(=O)c2cocn2)N1CC1CC1)NCc1ccncc1. The highest BCUT2D eigenvalue weighted by atomic mass is 16.3. The van der Waals surface area contributed by atoms with E-state index < -0.39 is 0 Å². The average Bonchev–Trinajstić information content (AvgIpc) is 3.23. The van der Waals surface area contributed by atoms with Gasteiger partial charge < -0.3 is 15.1 Å². The average molecular weight is 397 g/mol. The molecule has 8 heteroatoms. The van der Waals surface area contributed by atoms with Gasteiger partial charge in [-0.3, -0.25) is 19.5 Å². The summed E-state index contributed by atoms with van der Waals surface area (Å²) in [6.45, 7) is 2.09. The first-order valence-electron chi connectivity index (χ1n) is 10.3. The first-order chi connectivity index (χ1) is 14.2. The van der Waals surface area contributed by atoms with Crippen molar-refractivity contribution in [3.05, 3.63) is 48.4 Å². The highest BCUT2D eigenvalue weighted by molar-refractivity contribution is 5.91.